The highest BCUT2D eigenvalue weighted by Crippen LogP contribution is 2.28. The van der Waals surface area contributed by atoms with Gasteiger partial charge in [0.25, 0.3) is 0 Å². The minimum absolute atomic E-state index is 0.0482. The number of H-pyrrole nitrogens is 1. The monoisotopic (exact) mass is 436 g/mol. The Hall–Kier alpha value is -2.64. The molecule has 1 aromatic heterocycles. The lowest BCUT2D eigenvalue weighted by molar-refractivity contribution is 0.117. The van der Waals surface area contributed by atoms with Crippen molar-refractivity contribution in [3.05, 3.63) is 58.9 Å². The number of hydrogen-bond donors (Lipinski definition) is 1. The lowest BCUT2D eigenvalue weighted by Gasteiger charge is -2.33. The van der Waals surface area contributed by atoms with Gasteiger partial charge in [-0.05, 0) is 68.2 Å². The fourth-order valence-corrected chi connectivity index (χ4v) is 5.20. The summed E-state index contributed by atoms with van der Waals surface area (Å²) >= 11 is 5.60. The average molecular weight is 437 g/mol. The fraction of sp³-hybridized carbons (Fsp3) is 0.417. The van der Waals surface area contributed by atoms with Crippen LogP contribution in [0.15, 0.2) is 48.5 Å². The van der Waals surface area contributed by atoms with E-state index in [1.165, 1.54) is 5.52 Å². The minimum atomic E-state index is -0.233. The van der Waals surface area contributed by atoms with E-state index in [9.17, 15) is 4.79 Å². The number of fused-ring (bicyclic) bond motifs is 1. The zero-order valence-electron chi connectivity index (χ0n) is 17.8. The Morgan fingerprint density at radius 2 is 1.94 bits per heavy atom. The summed E-state index contributed by atoms with van der Waals surface area (Å²) < 4.78 is 8.75. The summed E-state index contributed by atoms with van der Waals surface area (Å²) in [4.78, 5) is 19.9. The van der Waals surface area contributed by atoms with Crippen molar-refractivity contribution < 1.29 is 9.53 Å². The third-order valence-corrected chi connectivity index (χ3v) is 6.80. The molecule has 1 atom stereocenters. The number of carbonyl (C=O) groups excluding carboxylic acids is 1. The standard InChI is InChI=1S/C24H28N4O2S/c1-17-5-4-6-19(15-17)27-16-20(30-24(27)29)11-14-26-12-9-18(10-13-26)28-22-8-3-2-7-21(22)25-23(28)31/h2-8,15,18,20H,9-14,16H2,1H3,(H,25,31). The summed E-state index contributed by atoms with van der Waals surface area (Å²) in [5, 5.41) is 0. The molecule has 3 aromatic rings. The van der Waals surface area contributed by atoms with Crippen molar-refractivity contribution in [2.45, 2.75) is 38.3 Å². The largest absolute Gasteiger partial charge is 0.444 e. The van der Waals surface area contributed by atoms with E-state index in [4.69, 9.17) is 17.0 Å². The summed E-state index contributed by atoms with van der Waals surface area (Å²) in [7, 11) is 0. The van der Waals surface area contributed by atoms with Crippen molar-refractivity contribution in [2.24, 2.45) is 0 Å². The maximum Gasteiger partial charge on any atom is 0.414 e. The lowest BCUT2D eigenvalue weighted by Crippen LogP contribution is -2.36. The topological polar surface area (TPSA) is 53.5 Å². The van der Waals surface area contributed by atoms with Crippen molar-refractivity contribution in [3.8, 4) is 0 Å². The highest BCUT2D eigenvalue weighted by molar-refractivity contribution is 7.71. The van der Waals surface area contributed by atoms with Gasteiger partial charge in [-0.3, -0.25) is 4.90 Å². The Kier molecular flexibility index (Phi) is 5.54. The van der Waals surface area contributed by atoms with Crippen molar-refractivity contribution in [1.82, 2.24) is 14.5 Å². The number of para-hydroxylation sites is 2. The van der Waals surface area contributed by atoms with Crippen molar-refractivity contribution >= 4 is 35.0 Å². The maximum absolute atomic E-state index is 12.3. The summed E-state index contributed by atoms with van der Waals surface area (Å²) in [5.74, 6) is 0. The van der Waals surface area contributed by atoms with Crippen LogP contribution in [0.25, 0.3) is 11.0 Å². The van der Waals surface area contributed by atoms with Gasteiger partial charge >= 0.3 is 6.09 Å². The molecule has 1 amide bonds. The normalized spacial score (nSPS) is 20.5. The first kappa shape index (κ1) is 20.3. The predicted octanol–water partition coefficient (Wildman–Crippen LogP) is 5.06. The number of nitrogens with one attached hydrogen (secondary N) is 1. The molecule has 0 aliphatic carbocycles. The molecule has 2 fully saturated rings. The zero-order valence-corrected chi connectivity index (χ0v) is 18.6. The lowest BCUT2D eigenvalue weighted by atomic mass is 10.0. The molecule has 6 nitrogen and oxygen atoms in total. The number of likely N-dealkylation sites (tertiary alicyclic amines) is 1. The van der Waals surface area contributed by atoms with Gasteiger partial charge < -0.3 is 19.2 Å². The number of hydrogen-bond acceptors (Lipinski definition) is 4. The molecule has 31 heavy (non-hydrogen) atoms. The molecule has 2 saturated heterocycles. The van der Waals surface area contributed by atoms with Crippen molar-refractivity contribution in [3.63, 3.8) is 0 Å². The van der Waals surface area contributed by atoms with E-state index in [0.717, 1.165) is 60.4 Å². The van der Waals surface area contributed by atoms with Crippen LogP contribution in [0.2, 0.25) is 0 Å². The van der Waals surface area contributed by atoms with Crippen LogP contribution in [0.3, 0.4) is 0 Å². The number of aromatic amines is 1. The SMILES string of the molecule is Cc1cccc(N2CC(CCN3CCC(n4c(=S)[nH]c5ccccc54)CC3)OC2=O)c1. The smallest absolute Gasteiger partial charge is 0.414 e. The Labute approximate surface area is 187 Å². The number of anilines is 1. The average Bonchev–Trinajstić information content (AvgIpc) is 3.31. The van der Waals surface area contributed by atoms with E-state index in [1.54, 1.807) is 4.90 Å². The number of rotatable bonds is 5. The molecule has 0 spiro atoms. The van der Waals surface area contributed by atoms with E-state index >= 15 is 0 Å². The molecule has 2 aliphatic rings. The van der Waals surface area contributed by atoms with Gasteiger partial charge in [0, 0.05) is 31.4 Å². The van der Waals surface area contributed by atoms with Gasteiger partial charge in [-0.1, -0.05) is 24.3 Å². The second kappa shape index (κ2) is 8.48. The van der Waals surface area contributed by atoms with Crippen LogP contribution in [0, 0.1) is 11.7 Å². The number of amides is 1. The predicted molar refractivity (Wildman–Crippen MR) is 125 cm³/mol. The van der Waals surface area contributed by atoms with E-state index in [-0.39, 0.29) is 12.2 Å². The first-order valence-corrected chi connectivity index (χ1v) is 11.5. The van der Waals surface area contributed by atoms with Gasteiger partial charge in [-0.25, -0.2) is 4.79 Å². The van der Waals surface area contributed by atoms with Crippen LogP contribution in [0.1, 0.15) is 30.9 Å². The van der Waals surface area contributed by atoms with Gasteiger partial charge in [0.1, 0.15) is 6.10 Å². The molecule has 7 heteroatoms. The van der Waals surface area contributed by atoms with Crippen LogP contribution in [-0.2, 0) is 4.74 Å². The molecular weight excluding hydrogens is 408 g/mol. The second-order valence-corrected chi connectivity index (χ2v) is 9.02. The molecule has 0 radical (unpaired) electrons. The van der Waals surface area contributed by atoms with Gasteiger partial charge in [-0.15, -0.1) is 0 Å². The van der Waals surface area contributed by atoms with Crippen molar-refractivity contribution in [2.75, 3.05) is 31.1 Å². The third kappa shape index (κ3) is 4.12. The number of nitrogens with zero attached hydrogens (tertiary/aromatic N) is 3. The van der Waals surface area contributed by atoms with Gasteiger partial charge in [0.05, 0.1) is 17.6 Å². The first-order chi connectivity index (χ1) is 15.1. The Morgan fingerprint density at radius 1 is 1.13 bits per heavy atom. The molecule has 2 aromatic carbocycles. The van der Waals surface area contributed by atoms with Crippen LogP contribution in [-0.4, -0.2) is 52.8 Å². The number of ether oxygens (including phenoxy) is 1. The quantitative estimate of drug-likeness (QED) is 0.568. The highest BCUT2D eigenvalue weighted by Gasteiger charge is 2.33. The third-order valence-electron chi connectivity index (χ3n) is 6.50. The number of imidazole rings is 1. The van der Waals surface area contributed by atoms with Gasteiger partial charge in [0.15, 0.2) is 4.77 Å². The fourth-order valence-electron chi connectivity index (χ4n) is 4.84. The van der Waals surface area contributed by atoms with Crippen LogP contribution < -0.4 is 4.90 Å². The molecule has 1 N–H and O–H groups in total. The van der Waals surface area contributed by atoms with E-state index in [0.29, 0.717) is 12.6 Å². The van der Waals surface area contributed by atoms with Gasteiger partial charge in [-0.2, -0.15) is 0 Å². The van der Waals surface area contributed by atoms with Crippen LogP contribution >= 0.6 is 12.2 Å². The molecule has 2 aliphatic heterocycles. The van der Waals surface area contributed by atoms with Crippen molar-refractivity contribution in [1.29, 1.82) is 0 Å². The van der Waals surface area contributed by atoms with E-state index < -0.39 is 0 Å². The summed E-state index contributed by atoms with van der Waals surface area (Å²) in [6, 6.07) is 16.8. The number of carbonyl (C=O) groups is 1. The maximum atomic E-state index is 12.3. The van der Waals surface area contributed by atoms with E-state index in [2.05, 4.69) is 32.7 Å². The molecule has 3 heterocycles. The number of piperidine rings is 1. The number of aryl methyl sites for hydroxylation is 1. The molecule has 5 rings (SSSR count). The molecule has 0 saturated carbocycles. The summed E-state index contributed by atoms with van der Waals surface area (Å²) in [6.07, 6.45) is 2.74. The Bertz CT molecular complexity index is 1150. The first-order valence-electron chi connectivity index (χ1n) is 11.0. The van der Waals surface area contributed by atoms with Crippen LogP contribution in [0.5, 0.6) is 0 Å². The molecule has 1 unspecified atom stereocenters. The summed E-state index contributed by atoms with van der Waals surface area (Å²) in [5.41, 5.74) is 4.37. The highest BCUT2D eigenvalue weighted by atomic mass is 32.1. The molecular formula is C24H28N4O2S. The second-order valence-electron chi connectivity index (χ2n) is 8.63. The molecule has 162 valence electrons. The number of benzene rings is 2. The number of cyclic esters (lactones) is 1. The zero-order chi connectivity index (χ0) is 21.4. The summed E-state index contributed by atoms with van der Waals surface area (Å²) in [6.45, 7) is 5.69. The molecule has 0 bridgehead atoms. The van der Waals surface area contributed by atoms with E-state index in [1.807, 2.05) is 37.3 Å². The Morgan fingerprint density at radius 3 is 2.74 bits per heavy atom. The Balaban J connectivity index is 1.15. The number of aromatic nitrogens is 2. The van der Waals surface area contributed by atoms with Crippen LogP contribution in [0.4, 0.5) is 10.5 Å². The minimum Gasteiger partial charge on any atom is -0.444 e. The van der Waals surface area contributed by atoms with Gasteiger partial charge in [0.2, 0.25) is 0 Å².